The van der Waals surface area contributed by atoms with Crippen LogP contribution < -0.4 is 21.2 Å². The summed E-state index contributed by atoms with van der Waals surface area (Å²) < 4.78 is 11.4. The largest absolute Gasteiger partial charge is 0.492 e. The molecule has 0 atom stereocenters. The Labute approximate surface area is 150 Å². The van der Waals surface area contributed by atoms with Crippen LogP contribution in [0.2, 0.25) is 0 Å². The summed E-state index contributed by atoms with van der Waals surface area (Å²) in [6.45, 7) is 1.49. The third kappa shape index (κ3) is 3.32. The van der Waals surface area contributed by atoms with Gasteiger partial charge in [-0.2, -0.15) is 0 Å². The van der Waals surface area contributed by atoms with E-state index in [2.05, 4.69) is 31.7 Å². The number of fused-ring (bicyclic) bond motifs is 1. The third-order valence-corrected chi connectivity index (χ3v) is 4.06. The Morgan fingerprint density at radius 2 is 2.04 bits per heavy atom. The third-order valence-electron chi connectivity index (χ3n) is 4.06. The summed E-state index contributed by atoms with van der Waals surface area (Å²) in [4.78, 5) is 2.08. The lowest BCUT2D eigenvalue weighted by atomic mass is 10.1. The zero-order chi connectivity index (χ0) is 17.9. The Bertz CT molecular complexity index is 950. The number of benzene rings is 2. The fourth-order valence-corrected chi connectivity index (χ4v) is 2.71. The fraction of sp³-hybridized carbons (Fsp3) is 0.222. The van der Waals surface area contributed by atoms with Crippen molar-refractivity contribution in [3.8, 4) is 17.1 Å². The van der Waals surface area contributed by atoms with Crippen molar-refractivity contribution in [1.82, 2.24) is 26.6 Å². The molecule has 26 heavy (non-hydrogen) atoms. The van der Waals surface area contributed by atoms with Crippen LogP contribution in [0.25, 0.3) is 22.2 Å². The molecule has 1 aromatic heterocycles. The highest BCUT2D eigenvalue weighted by molar-refractivity contribution is 6.03. The van der Waals surface area contributed by atoms with Crippen molar-refractivity contribution in [2.45, 2.75) is 0 Å². The maximum absolute atomic E-state index is 5.82. The van der Waals surface area contributed by atoms with Crippen molar-refractivity contribution in [3.63, 3.8) is 0 Å². The van der Waals surface area contributed by atoms with Gasteiger partial charge < -0.3 is 14.2 Å². The number of amidine groups is 1. The van der Waals surface area contributed by atoms with E-state index in [4.69, 9.17) is 9.26 Å². The molecule has 0 radical (unpaired) electrons. The number of nitrogens with zero attached hydrogens (tertiary/aromatic N) is 3. The highest BCUT2D eigenvalue weighted by atomic mass is 16.5. The second kappa shape index (κ2) is 7.03. The number of ether oxygens (including phenoxy) is 1. The molecule has 0 saturated carbocycles. The molecule has 134 valence electrons. The number of hydrazine groups is 2. The van der Waals surface area contributed by atoms with E-state index >= 15 is 0 Å². The summed E-state index contributed by atoms with van der Waals surface area (Å²) >= 11 is 0. The van der Waals surface area contributed by atoms with Gasteiger partial charge in [0.2, 0.25) is 0 Å². The van der Waals surface area contributed by atoms with Gasteiger partial charge in [-0.1, -0.05) is 17.3 Å². The van der Waals surface area contributed by atoms with E-state index in [1.54, 1.807) is 0 Å². The molecule has 0 saturated heterocycles. The number of nitrogens with one attached hydrogen (secondary N) is 3. The summed E-state index contributed by atoms with van der Waals surface area (Å²) in [6, 6.07) is 13.7. The van der Waals surface area contributed by atoms with Crippen molar-refractivity contribution in [1.29, 1.82) is 0 Å². The lowest BCUT2D eigenvalue weighted by Gasteiger charge is -2.11. The van der Waals surface area contributed by atoms with Crippen molar-refractivity contribution in [2.75, 3.05) is 27.2 Å². The van der Waals surface area contributed by atoms with E-state index in [1.807, 2.05) is 56.6 Å². The average molecular weight is 352 g/mol. The van der Waals surface area contributed by atoms with E-state index in [0.29, 0.717) is 18.2 Å². The van der Waals surface area contributed by atoms with Gasteiger partial charge in [-0.05, 0) is 44.4 Å². The highest BCUT2D eigenvalue weighted by Crippen LogP contribution is 2.31. The fourth-order valence-electron chi connectivity index (χ4n) is 2.71. The second-order valence-electron chi connectivity index (χ2n) is 6.25. The van der Waals surface area contributed by atoms with Crippen LogP contribution in [0.1, 0.15) is 5.56 Å². The van der Waals surface area contributed by atoms with Gasteiger partial charge in [-0.15, -0.1) is 10.6 Å². The van der Waals surface area contributed by atoms with Gasteiger partial charge in [0.1, 0.15) is 17.9 Å². The standard InChI is InChI=1S/C18H20N6O2/c1-24(2)8-9-25-14-5-3-4-12(10-14)17-15-11-13(18-19-22-23-20-18)6-7-16(15)21-26-17/h3-7,10-11,22-23H,8-9H2,1-2H3,(H,19,20). The smallest absolute Gasteiger partial charge is 0.174 e. The molecule has 0 spiro atoms. The van der Waals surface area contributed by atoms with Crippen LogP contribution in [0, 0.1) is 0 Å². The average Bonchev–Trinajstić information content (AvgIpc) is 3.31. The molecule has 2 aromatic carbocycles. The lowest BCUT2D eigenvalue weighted by molar-refractivity contribution is 0.261. The molecule has 1 aliphatic heterocycles. The zero-order valence-corrected chi connectivity index (χ0v) is 14.6. The maximum atomic E-state index is 5.82. The monoisotopic (exact) mass is 352 g/mol. The van der Waals surface area contributed by atoms with E-state index in [-0.39, 0.29) is 0 Å². The first-order chi connectivity index (χ1) is 12.7. The quantitative estimate of drug-likeness (QED) is 0.622. The molecule has 8 nitrogen and oxygen atoms in total. The van der Waals surface area contributed by atoms with Crippen molar-refractivity contribution in [3.05, 3.63) is 48.0 Å². The Morgan fingerprint density at radius 3 is 2.85 bits per heavy atom. The Balaban J connectivity index is 1.64. The topological polar surface area (TPSA) is 87.0 Å². The Morgan fingerprint density at radius 1 is 1.12 bits per heavy atom. The van der Waals surface area contributed by atoms with Crippen LogP contribution >= 0.6 is 0 Å². The SMILES string of the molecule is CN(C)CCOc1cccc(-c2onc3ccc(C4=NNNN4)cc23)c1. The van der Waals surface area contributed by atoms with Gasteiger partial charge in [-0.3, -0.25) is 5.43 Å². The molecule has 0 unspecified atom stereocenters. The number of hydrazone groups is 1. The molecule has 0 bridgehead atoms. The number of likely N-dealkylation sites (N-methyl/N-ethyl adjacent to an activating group) is 1. The van der Waals surface area contributed by atoms with Crippen LogP contribution in [0.5, 0.6) is 5.75 Å². The predicted octanol–water partition coefficient (Wildman–Crippen LogP) is 1.71. The molecule has 2 heterocycles. The first-order valence-electron chi connectivity index (χ1n) is 8.32. The normalized spacial score (nSPS) is 13.6. The minimum absolute atomic E-state index is 0.628. The zero-order valence-electron chi connectivity index (χ0n) is 14.6. The molecule has 3 N–H and O–H groups in total. The number of aromatic nitrogens is 1. The van der Waals surface area contributed by atoms with E-state index in [9.17, 15) is 0 Å². The maximum Gasteiger partial charge on any atom is 0.174 e. The van der Waals surface area contributed by atoms with Crippen LogP contribution in [0.4, 0.5) is 0 Å². The first kappa shape index (κ1) is 16.4. The summed E-state index contributed by atoms with van der Waals surface area (Å²) in [5.74, 6) is 2.22. The molecule has 8 heteroatoms. The molecule has 3 aromatic rings. The van der Waals surface area contributed by atoms with E-state index in [0.717, 1.165) is 34.3 Å². The minimum atomic E-state index is 0.628. The van der Waals surface area contributed by atoms with Gasteiger partial charge in [0.25, 0.3) is 0 Å². The highest BCUT2D eigenvalue weighted by Gasteiger charge is 2.15. The summed E-state index contributed by atoms with van der Waals surface area (Å²) in [5.41, 5.74) is 11.0. The van der Waals surface area contributed by atoms with Gasteiger partial charge in [-0.25, -0.2) is 5.53 Å². The van der Waals surface area contributed by atoms with Crippen molar-refractivity contribution >= 4 is 16.7 Å². The molecule has 0 aliphatic carbocycles. The van der Waals surface area contributed by atoms with E-state index < -0.39 is 0 Å². The van der Waals surface area contributed by atoms with Crippen molar-refractivity contribution < 1.29 is 9.26 Å². The van der Waals surface area contributed by atoms with Crippen LogP contribution in [-0.2, 0) is 0 Å². The van der Waals surface area contributed by atoms with Crippen molar-refractivity contribution in [2.24, 2.45) is 5.10 Å². The van der Waals surface area contributed by atoms with Gasteiger partial charge >= 0.3 is 0 Å². The number of hydrogen-bond donors (Lipinski definition) is 3. The molecule has 0 amide bonds. The second-order valence-corrected chi connectivity index (χ2v) is 6.25. The van der Waals surface area contributed by atoms with Gasteiger partial charge in [0, 0.05) is 17.7 Å². The Hall–Kier alpha value is -3.10. The minimum Gasteiger partial charge on any atom is -0.492 e. The lowest BCUT2D eigenvalue weighted by Crippen LogP contribution is -2.35. The summed E-state index contributed by atoms with van der Waals surface area (Å²) in [6.07, 6.45) is 0. The van der Waals surface area contributed by atoms with E-state index in [1.165, 1.54) is 0 Å². The number of rotatable bonds is 6. The summed E-state index contributed by atoms with van der Waals surface area (Å²) in [5, 5.41) is 9.22. The molecule has 0 fully saturated rings. The molecule has 1 aliphatic rings. The number of hydrogen-bond acceptors (Lipinski definition) is 8. The van der Waals surface area contributed by atoms with Crippen LogP contribution in [-0.4, -0.2) is 43.1 Å². The summed E-state index contributed by atoms with van der Waals surface area (Å²) in [7, 11) is 4.04. The Kier molecular flexibility index (Phi) is 4.42. The predicted molar refractivity (Wildman–Crippen MR) is 99.4 cm³/mol. The van der Waals surface area contributed by atoms with Crippen LogP contribution in [0.3, 0.4) is 0 Å². The first-order valence-corrected chi connectivity index (χ1v) is 8.32. The van der Waals surface area contributed by atoms with Gasteiger partial charge in [0.15, 0.2) is 11.6 Å². The molecular formula is C18H20N6O2. The molecular weight excluding hydrogens is 332 g/mol. The van der Waals surface area contributed by atoms with Crippen LogP contribution in [0.15, 0.2) is 52.1 Å². The van der Waals surface area contributed by atoms with Gasteiger partial charge in [0.05, 0.1) is 5.39 Å². The molecule has 4 rings (SSSR count).